The number of hydrogen-bond donors (Lipinski definition) is 0. The molecule has 0 spiro atoms. The lowest BCUT2D eigenvalue weighted by molar-refractivity contribution is -0.117. The van der Waals surface area contributed by atoms with Crippen molar-refractivity contribution < 1.29 is 9.59 Å². The van der Waals surface area contributed by atoms with Crippen molar-refractivity contribution in [3.63, 3.8) is 0 Å². The Morgan fingerprint density at radius 3 is 1.52 bits per heavy atom. The quantitative estimate of drug-likeness (QED) is 0.655. The second-order valence-corrected chi connectivity index (χ2v) is 6.81. The number of ketones is 1. The second kappa shape index (κ2) is 7.29. The zero-order valence-corrected chi connectivity index (χ0v) is 14.9. The van der Waals surface area contributed by atoms with E-state index in [4.69, 9.17) is 0 Å². The number of carbonyl (C=O) groups is 1. The SMILES string of the molecule is O=[C]C1CC(=O)CN1C(c1ccccc1)(c1ccccc1)c1ccccc1. The van der Waals surface area contributed by atoms with Crippen LogP contribution in [0.15, 0.2) is 91.0 Å². The molecule has 0 amide bonds. The van der Waals surface area contributed by atoms with Crippen LogP contribution in [0.1, 0.15) is 23.1 Å². The lowest BCUT2D eigenvalue weighted by Gasteiger charge is -2.44. The summed E-state index contributed by atoms with van der Waals surface area (Å²) in [5, 5.41) is 0. The number of Topliss-reactive ketones (excluding diaryl/α,β-unsaturated/α-hetero) is 1. The molecule has 3 aromatic carbocycles. The van der Waals surface area contributed by atoms with Crippen LogP contribution in [0.5, 0.6) is 0 Å². The number of likely N-dealkylation sites (tertiary alicyclic amines) is 1. The minimum Gasteiger partial charge on any atom is -0.298 e. The molecular formula is C24H20NO2. The van der Waals surface area contributed by atoms with Crippen LogP contribution in [0.2, 0.25) is 0 Å². The van der Waals surface area contributed by atoms with E-state index in [0.717, 1.165) is 16.7 Å². The van der Waals surface area contributed by atoms with E-state index in [1.807, 2.05) is 59.5 Å². The van der Waals surface area contributed by atoms with Crippen LogP contribution < -0.4 is 0 Å². The Morgan fingerprint density at radius 1 is 0.741 bits per heavy atom. The van der Waals surface area contributed by atoms with E-state index < -0.39 is 11.6 Å². The summed E-state index contributed by atoms with van der Waals surface area (Å²) in [5.74, 6) is 0.0653. The highest BCUT2D eigenvalue weighted by molar-refractivity contribution is 5.88. The third-order valence-electron chi connectivity index (χ3n) is 5.29. The summed E-state index contributed by atoms with van der Waals surface area (Å²) >= 11 is 0. The minimum absolute atomic E-state index is 0.0653. The lowest BCUT2D eigenvalue weighted by atomic mass is 9.75. The van der Waals surface area contributed by atoms with Crippen molar-refractivity contribution in [2.75, 3.05) is 6.54 Å². The molecule has 0 aromatic heterocycles. The zero-order chi connectivity index (χ0) is 18.7. The summed E-state index contributed by atoms with van der Waals surface area (Å²) in [7, 11) is 0. The maximum absolute atomic E-state index is 12.3. The molecule has 1 atom stereocenters. The van der Waals surface area contributed by atoms with Crippen LogP contribution >= 0.6 is 0 Å². The Hall–Kier alpha value is -3.04. The molecule has 133 valence electrons. The molecule has 1 aliphatic heterocycles. The standard InChI is InChI=1S/C24H20NO2/c26-18-22-16-23(27)17-25(22)24(19-10-4-1-5-11-19,20-12-6-2-7-13-20)21-14-8-3-9-15-21/h1-15,22H,16-17H2. The Morgan fingerprint density at radius 2 is 1.15 bits per heavy atom. The molecule has 0 aliphatic carbocycles. The Kier molecular flexibility index (Phi) is 4.69. The molecule has 1 fully saturated rings. The molecular weight excluding hydrogens is 334 g/mol. The van der Waals surface area contributed by atoms with Gasteiger partial charge in [0, 0.05) is 6.42 Å². The fourth-order valence-electron chi connectivity index (χ4n) is 4.18. The molecule has 1 heterocycles. The Bertz CT molecular complexity index is 826. The fourth-order valence-corrected chi connectivity index (χ4v) is 4.18. The second-order valence-electron chi connectivity index (χ2n) is 6.81. The van der Waals surface area contributed by atoms with E-state index in [1.165, 1.54) is 0 Å². The van der Waals surface area contributed by atoms with E-state index >= 15 is 0 Å². The van der Waals surface area contributed by atoms with Crippen molar-refractivity contribution in [2.24, 2.45) is 0 Å². The molecule has 0 bridgehead atoms. The van der Waals surface area contributed by atoms with Gasteiger partial charge in [0.05, 0.1) is 18.1 Å². The molecule has 27 heavy (non-hydrogen) atoms. The number of rotatable bonds is 5. The first-order valence-corrected chi connectivity index (χ1v) is 9.09. The molecule has 3 aromatic rings. The van der Waals surface area contributed by atoms with Crippen LogP contribution in [0.3, 0.4) is 0 Å². The predicted molar refractivity (Wildman–Crippen MR) is 105 cm³/mol. The molecule has 1 saturated heterocycles. The predicted octanol–water partition coefficient (Wildman–Crippen LogP) is 3.73. The van der Waals surface area contributed by atoms with Crippen molar-refractivity contribution in [1.82, 2.24) is 4.90 Å². The highest BCUT2D eigenvalue weighted by Gasteiger charge is 2.49. The zero-order valence-electron chi connectivity index (χ0n) is 14.9. The molecule has 1 unspecified atom stereocenters. The lowest BCUT2D eigenvalue weighted by Crippen LogP contribution is -2.51. The van der Waals surface area contributed by atoms with Gasteiger partial charge in [-0.3, -0.25) is 14.5 Å². The first-order chi connectivity index (χ1) is 13.3. The van der Waals surface area contributed by atoms with Crippen molar-refractivity contribution in [1.29, 1.82) is 0 Å². The highest BCUT2D eigenvalue weighted by Crippen LogP contribution is 2.44. The van der Waals surface area contributed by atoms with Crippen molar-refractivity contribution >= 4 is 12.1 Å². The van der Waals surface area contributed by atoms with Gasteiger partial charge in [0.1, 0.15) is 5.78 Å². The summed E-state index contributed by atoms with van der Waals surface area (Å²) in [6.07, 6.45) is 2.32. The van der Waals surface area contributed by atoms with E-state index in [0.29, 0.717) is 0 Å². The van der Waals surface area contributed by atoms with Crippen LogP contribution in [-0.2, 0) is 15.1 Å². The van der Waals surface area contributed by atoms with E-state index in [2.05, 4.69) is 42.7 Å². The molecule has 0 N–H and O–H groups in total. The average Bonchev–Trinajstić information content (AvgIpc) is 3.12. The van der Waals surface area contributed by atoms with Gasteiger partial charge in [-0.2, -0.15) is 0 Å². The van der Waals surface area contributed by atoms with E-state index in [-0.39, 0.29) is 18.7 Å². The average molecular weight is 354 g/mol. The van der Waals surface area contributed by atoms with Gasteiger partial charge in [-0.05, 0) is 16.7 Å². The van der Waals surface area contributed by atoms with Gasteiger partial charge in [0.15, 0.2) is 0 Å². The maximum atomic E-state index is 12.3. The van der Waals surface area contributed by atoms with Gasteiger partial charge in [-0.25, -0.2) is 0 Å². The minimum atomic E-state index is -0.738. The maximum Gasteiger partial charge on any atom is 0.217 e. The Balaban J connectivity index is 2.07. The molecule has 1 aliphatic rings. The van der Waals surface area contributed by atoms with Gasteiger partial charge in [0.25, 0.3) is 0 Å². The number of benzene rings is 3. The van der Waals surface area contributed by atoms with Crippen LogP contribution in [0.25, 0.3) is 0 Å². The molecule has 3 nitrogen and oxygen atoms in total. The summed E-state index contributed by atoms with van der Waals surface area (Å²) in [6.45, 7) is 0.221. The monoisotopic (exact) mass is 354 g/mol. The molecule has 0 saturated carbocycles. The van der Waals surface area contributed by atoms with Crippen molar-refractivity contribution in [3.8, 4) is 0 Å². The largest absolute Gasteiger partial charge is 0.298 e. The number of carbonyl (C=O) groups excluding carboxylic acids is 2. The third kappa shape index (κ3) is 2.90. The molecule has 4 rings (SSSR count). The summed E-state index contributed by atoms with van der Waals surface area (Å²) in [4.78, 5) is 26.1. The topological polar surface area (TPSA) is 37.4 Å². The highest BCUT2D eigenvalue weighted by atomic mass is 16.1. The normalized spacial score (nSPS) is 17.8. The smallest absolute Gasteiger partial charge is 0.217 e. The van der Waals surface area contributed by atoms with Gasteiger partial charge in [-0.1, -0.05) is 91.0 Å². The number of hydrogen-bond acceptors (Lipinski definition) is 3. The van der Waals surface area contributed by atoms with Gasteiger partial charge < -0.3 is 0 Å². The van der Waals surface area contributed by atoms with E-state index in [9.17, 15) is 9.59 Å². The summed E-state index contributed by atoms with van der Waals surface area (Å²) in [5.41, 5.74) is 2.34. The van der Waals surface area contributed by atoms with Gasteiger partial charge in [0.2, 0.25) is 6.29 Å². The van der Waals surface area contributed by atoms with Gasteiger partial charge >= 0.3 is 0 Å². The van der Waals surface area contributed by atoms with Crippen LogP contribution in [-0.4, -0.2) is 29.6 Å². The van der Waals surface area contributed by atoms with E-state index in [1.54, 1.807) is 0 Å². The fraction of sp³-hybridized carbons (Fsp3) is 0.167. The molecule has 3 heteroatoms. The molecule has 1 radical (unpaired) electrons. The summed E-state index contributed by atoms with van der Waals surface area (Å²) in [6, 6.07) is 29.7. The van der Waals surface area contributed by atoms with Crippen LogP contribution in [0.4, 0.5) is 0 Å². The first kappa shape index (κ1) is 17.4. The van der Waals surface area contributed by atoms with Crippen LogP contribution in [0, 0.1) is 0 Å². The van der Waals surface area contributed by atoms with Crippen molar-refractivity contribution in [2.45, 2.75) is 18.0 Å². The first-order valence-electron chi connectivity index (χ1n) is 9.09. The summed E-state index contributed by atoms with van der Waals surface area (Å²) < 4.78 is 0. The third-order valence-corrected chi connectivity index (χ3v) is 5.29. The van der Waals surface area contributed by atoms with Gasteiger partial charge in [-0.15, -0.1) is 0 Å². The Labute approximate surface area is 159 Å². The number of nitrogens with zero attached hydrogens (tertiary/aromatic N) is 1. The van der Waals surface area contributed by atoms with Crippen molar-refractivity contribution in [3.05, 3.63) is 108 Å².